The van der Waals surface area contributed by atoms with Gasteiger partial charge in [-0.15, -0.1) is 4.98 Å². The standard InChI is InChI=1S/C31H30N3O.C27H22N3O.C26H28N3O.C20H18N5O/c1-19-12-15-24-25-16-13-20(2)32-30(25)35-29(24)28(19)34-21(3)33(23-10-8-7-9-11-23)27-18-22(31(4,5)6)14-17-26(27)34;1-17-13-15-21-22-16-14-18(2)28-27(22)31-26(21)25(17)30-19(3)29(20-9-5-4-6-10-20)23-11-7-8-12-24(23)30;1-15-8-11-19-20-12-9-16(2)27-25(20)30-24(19)23(15)29-17(3)28(7)22-14-18(26(4,5)6)10-13-21(22)29;1-11-5-7-14-15-8-6-12(2)23-20(15)26-17(14)16(11)25-13(3)24(4)18-19(25)22-10-9-21-18/h7-18H,1-6H3;4-16H,1-3H3;8-14H,1-7H3;5-10H,1-4H3/q4*+1/i;;7D3;4D3. The minimum atomic E-state index is -2.39. The summed E-state index contributed by atoms with van der Waals surface area (Å²) in [6.45, 7) is 32.5. The molecule has 0 spiro atoms. The smallest absolute Gasteiger partial charge is 0.322 e. The van der Waals surface area contributed by atoms with Crippen LogP contribution in [-0.4, -0.2) is 48.2 Å². The first kappa shape index (κ1) is 70.7. The number of rotatable bonds is 6. The Morgan fingerprint density at radius 2 is 0.697 bits per heavy atom. The molecule has 22 aromatic rings. The fraction of sp³-hybridized carbons (Fsp3) is 0.212. The number of benzene rings is 9. The molecule has 22 rings (SSSR count). The second-order valence-electron chi connectivity index (χ2n) is 34.2. The Kier molecular flexibility index (Phi) is 17.0. The topological polar surface area (TPSA) is 165 Å². The Morgan fingerprint density at radius 1 is 0.328 bits per heavy atom. The highest BCUT2D eigenvalue weighted by Gasteiger charge is 2.35. The third-order valence-corrected chi connectivity index (χ3v) is 23.9. The van der Waals surface area contributed by atoms with E-state index in [1.165, 1.54) is 26.4 Å². The van der Waals surface area contributed by atoms with E-state index in [1.807, 2.05) is 130 Å². The molecule has 0 bridgehead atoms. The average molecular weight is 1610 g/mol. The highest BCUT2D eigenvalue weighted by atomic mass is 16.4. The molecule has 0 fully saturated rings. The Bertz CT molecular complexity index is 8290. The van der Waals surface area contributed by atoms with Crippen molar-refractivity contribution in [1.82, 2.24) is 48.2 Å². The number of fused-ring (bicyclic) bond motifs is 16. The van der Waals surface area contributed by atoms with E-state index in [4.69, 9.17) is 25.9 Å². The van der Waals surface area contributed by atoms with E-state index in [0.717, 1.165) is 173 Å². The van der Waals surface area contributed by atoms with Crippen LogP contribution >= 0.6 is 0 Å². The zero-order valence-corrected chi connectivity index (χ0v) is 71.8. The average Bonchev–Trinajstić information content (AvgIpc) is 1.58. The van der Waals surface area contributed by atoms with Crippen molar-refractivity contribution in [2.45, 2.75) is 135 Å². The van der Waals surface area contributed by atoms with Gasteiger partial charge in [-0.2, -0.15) is 22.8 Å². The van der Waals surface area contributed by atoms with Crippen LogP contribution in [0.1, 0.15) is 129 Å². The molecule has 13 aromatic heterocycles. The van der Waals surface area contributed by atoms with Crippen LogP contribution in [0.5, 0.6) is 0 Å². The molecule has 0 aliphatic rings. The summed E-state index contributed by atoms with van der Waals surface area (Å²) in [6, 6.07) is 75.6. The summed E-state index contributed by atoms with van der Waals surface area (Å²) in [5.74, 6) is 3.35. The van der Waals surface area contributed by atoms with Crippen LogP contribution < -0.4 is 18.3 Å². The molecule has 0 radical (unpaired) electrons. The van der Waals surface area contributed by atoms with Gasteiger partial charge in [-0.05, 0) is 216 Å². The van der Waals surface area contributed by atoms with Crippen LogP contribution in [0.2, 0.25) is 0 Å². The molecule has 9 aromatic carbocycles. The van der Waals surface area contributed by atoms with Crippen molar-refractivity contribution in [1.29, 1.82) is 0 Å². The zero-order valence-electron chi connectivity index (χ0n) is 77.8. The fourth-order valence-corrected chi connectivity index (χ4v) is 17.6. The summed E-state index contributed by atoms with van der Waals surface area (Å²) in [6.07, 6.45) is 3.05. The van der Waals surface area contributed by atoms with E-state index in [9.17, 15) is 0 Å². The number of furan rings is 4. The molecule has 0 saturated carbocycles. The minimum Gasteiger partial charge on any atom is -0.434 e. The number of pyridine rings is 4. The van der Waals surface area contributed by atoms with Crippen LogP contribution in [0.25, 0.3) is 167 Å². The van der Waals surface area contributed by atoms with Gasteiger partial charge in [0.1, 0.15) is 17.6 Å². The van der Waals surface area contributed by atoms with Gasteiger partial charge in [-0.3, -0.25) is 0 Å². The van der Waals surface area contributed by atoms with E-state index < -0.39 is 14.0 Å². The molecule has 0 aliphatic heterocycles. The maximum atomic E-state index is 8.28. The molecule has 0 amide bonds. The predicted octanol–water partition coefficient (Wildman–Crippen LogP) is 23.0. The van der Waals surface area contributed by atoms with Crippen LogP contribution in [-0.2, 0) is 24.8 Å². The van der Waals surface area contributed by atoms with Crippen molar-refractivity contribution in [3.8, 4) is 34.1 Å². The Morgan fingerprint density at radius 3 is 1.14 bits per heavy atom. The third kappa shape index (κ3) is 12.7. The molecule has 18 nitrogen and oxygen atoms in total. The SMILES string of the molecule is Cc1ccc2c(n1)oc1c(-[n+]3c(C)n(-c4ccccc4)c4cc(C(C)(C)C)ccc43)c(C)ccc12.Cc1ccc2c(n1)oc1c(-[n+]3c(C)n(-c4ccccc4)c4ccccc43)c(C)ccc12.[2H]C([2H])([2H])[n+]1c(C)n(-c2c(C)ccc3c2oc2nc(C)ccc23)c2nccnc21.[2H]C([2H])([2H])n1c(C)[n+](-c2c(C)ccc3c2oc2nc(C)ccc23)c2ccc(C(C)(C)C)cc21. The van der Waals surface area contributed by atoms with Gasteiger partial charge in [0.2, 0.25) is 28.7 Å². The van der Waals surface area contributed by atoms with Gasteiger partial charge in [0.05, 0.1) is 28.4 Å². The summed E-state index contributed by atoms with van der Waals surface area (Å²) < 4.78 is 89.9. The predicted molar refractivity (Wildman–Crippen MR) is 489 cm³/mol. The van der Waals surface area contributed by atoms with Gasteiger partial charge in [0.15, 0.2) is 78.2 Å². The summed E-state index contributed by atoms with van der Waals surface area (Å²) in [4.78, 5) is 27.1. The summed E-state index contributed by atoms with van der Waals surface area (Å²) in [7, 11) is 0. The van der Waals surface area contributed by atoms with Crippen LogP contribution in [0.3, 0.4) is 0 Å². The number of para-hydroxylation sites is 4. The quantitative estimate of drug-likeness (QED) is 0.146. The van der Waals surface area contributed by atoms with Gasteiger partial charge in [-0.25, -0.2) is 38.6 Å². The molecular weight excluding hydrogens is 1510 g/mol. The van der Waals surface area contributed by atoms with Gasteiger partial charge in [0.25, 0.3) is 23.1 Å². The van der Waals surface area contributed by atoms with Gasteiger partial charge < -0.3 is 17.7 Å². The van der Waals surface area contributed by atoms with Crippen molar-refractivity contribution in [3.05, 3.63) is 310 Å². The summed E-state index contributed by atoms with van der Waals surface area (Å²) in [5.41, 5.74) is 28.8. The molecule has 122 heavy (non-hydrogen) atoms. The van der Waals surface area contributed by atoms with Crippen molar-refractivity contribution >= 4 is 133 Å². The number of aryl methyl sites for hydroxylation is 10. The van der Waals surface area contributed by atoms with E-state index >= 15 is 0 Å². The summed E-state index contributed by atoms with van der Waals surface area (Å²) in [5, 5.41) is 8.02. The van der Waals surface area contributed by atoms with Crippen LogP contribution in [0.15, 0.2) is 248 Å². The van der Waals surface area contributed by atoms with E-state index in [-0.39, 0.29) is 10.8 Å². The van der Waals surface area contributed by atoms with Crippen LogP contribution in [0, 0.1) is 83.1 Å². The van der Waals surface area contributed by atoms with E-state index in [0.29, 0.717) is 62.5 Å². The lowest BCUT2D eigenvalue weighted by molar-refractivity contribution is -0.653. The molecular formula is C104H98N14O4+4. The lowest BCUT2D eigenvalue weighted by Crippen LogP contribution is -2.34. The minimum absolute atomic E-state index is 0.0525. The Labute approximate surface area is 714 Å². The molecule has 0 aliphatic carbocycles. The maximum absolute atomic E-state index is 8.28. The fourth-order valence-electron chi connectivity index (χ4n) is 17.6. The molecule has 0 unspecified atom stereocenters. The van der Waals surface area contributed by atoms with Crippen molar-refractivity contribution in [2.24, 2.45) is 14.0 Å². The van der Waals surface area contributed by atoms with Crippen molar-refractivity contribution in [3.63, 3.8) is 0 Å². The first-order valence-corrected chi connectivity index (χ1v) is 41.2. The zero-order chi connectivity index (χ0) is 90.0. The monoisotopic (exact) mass is 1610 g/mol. The molecule has 0 atom stereocenters. The maximum Gasteiger partial charge on any atom is 0.322 e. The number of aromatic nitrogens is 14. The molecule has 13 heterocycles. The molecule has 0 saturated heterocycles. The first-order chi connectivity index (χ1) is 61.0. The first-order valence-electron chi connectivity index (χ1n) is 44.2. The van der Waals surface area contributed by atoms with Crippen LogP contribution in [0.4, 0.5) is 0 Å². The number of nitrogens with zero attached hydrogens (tertiary/aromatic N) is 14. The van der Waals surface area contributed by atoms with Gasteiger partial charge in [0, 0.05) is 110 Å². The number of hydrogen-bond donors (Lipinski definition) is 0. The second-order valence-corrected chi connectivity index (χ2v) is 34.2. The Balaban J connectivity index is 0.000000111. The second kappa shape index (κ2) is 29.3. The van der Waals surface area contributed by atoms with Gasteiger partial charge >= 0.3 is 5.65 Å². The molecule has 18 heteroatoms. The molecule has 604 valence electrons. The van der Waals surface area contributed by atoms with E-state index in [2.05, 4.69) is 263 Å². The normalized spacial score (nSPS) is 13.0. The largest absolute Gasteiger partial charge is 0.434 e. The Hall–Kier alpha value is -14.3. The lowest BCUT2D eigenvalue weighted by atomic mass is 9.87. The highest BCUT2D eigenvalue weighted by molar-refractivity contribution is 6.10. The number of imidazole rings is 4. The van der Waals surface area contributed by atoms with Crippen molar-refractivity contribution in [2.75, 3.05) is 0 Å². The third-order valence-electron chi connectivity index (χ3n) is 23.9. The number of hydrogen-bond acceptors (Lipinski definition) is 10. The lowest BCUT2D eigenvalue weighted by Gasteiger charge is -2.18. The molecule has 0 N–H and O–H groups in total. The van der Waals surface area contributed by atoms with Gasteiger partial charge in [-0.1, -0.05) is 126 Å². The van der Waals surface area contributed by atoms with Crippen molar-refractivity contribution < 1.29 is 44.2 Å². The van der Waals surface area contributed by atoms with E-state index in [1.54, 1.807) is 13.1 Å². The highest BCUT2D eigenvalue weighted by Crippen LogP contribution is 2.41. The summed E-state index contributed by atoms with van der Waals surface area (Å²) >= 11 is 0.